The number of amides is 3. The Kier molecular flexibility index (Phi) is 5.47. The van der Waals surface area contributed by atoms with Crippen LogP contribution in [-0.4, -0.2) is 48.3 Å². The second-order valence-corrected chi connectivity index (χ2v) is 7.31. The maximum absolute atomic E-state index is 12.6. The summed E-state index contributed by atoms with van der Waals surface area (Å²) in [6.45, 7) is 0.0712. The zero-order valence-corrected chi connectivity index (χ0v) is 16.2. The first kappa shape index (κ1) is 19.6. The van der Waals surface area contributed by atoms with Crippen molar-refractivity contribution in [2.75, 3.05) is 29.9 Å². The summed E-state index contributed by atoms with van der Waals surface area (Å²) < 4.78 is 5.20. The van der Waals surface area contributed by atoms with Crippen LogP contribution in [0.3, 0.4) is 0 Å². The highest BCUT2D eigenvalue weighted by Gasteiger charge is 2.36. The first-order valence-electron chi connectivity index (χ1n) is 9.69. The molecule has 1 fully saturated rings. The Balaban J connectivity index is 1.33. The molecule has 0 spiro atoms. The molecule has 3 amide bonds. The summed E-state index contributed by atoms with van der Waals surface area (Å²) in [6, 6.07) is 16.5. The summed E-state index contributed by atoms with van der Waals surface area (Å²) in [5.74, 6) is -2.11. The van der Waals surface area contributed by atoms with Crippen molar-refractivity contribution in [3.63, 3.8) is 0 Å². The Hall–Kier alpha value is -3.68. The second kappa shape index (κ2) is 8.36. The van der Waals surface area contributed by atoms with Gasteiger partial charge >= 0.3 is 5.97 Å². The lowest BCUT2D eigenvalue weighted by Crippen LogP contribution is -2.44. The summed E-state index contributed by atoms with van der Waals surface area (Å²) >= 11 is 0. The van der Waals surface area contributed by atoms with Gasteiger partial charge in [0.15, 0.2) is 6.61 Å². The van der Waals surface area contributed by atoms with Crippen LogP contribution in [-0.2, 0) is 30.5 Å². The summed E-state index contributed by atoms with van der Waals surface area (Å²) in [7, 11) is 0. The number of likely N-dealkylation sites (tertiary alicyclic amines) is 1. The molecule has 1 atom stereocenters. The maximum atomic E-state index is 12.6. The number of anilines is 2. The number of carbonyl (C=O) groups excluding carboxylic acids is 4. The quantitative estimate of drug-likeness (QED) is 0.759. The molecule has 0 saturated carbocycles. The van der Waals surface area contributed by atoms with Crippen LogP contribution >= 0.6 is 0 Å². The molecule has 2 aromatic rings. The number of carbonyl (C=O) groups is 4. The number of fused-ring (bicyclic) bond motifs is 1. The van der Waals surface area contributed by atoms with E-state index in [0.29, 0.717) is 17.9 Å². The van der Waals surface area contributed by atoms with Crippen LogP contribution in [0.5, 0.6) is 0 Å². The number of para-hydroxylation sites is 2. The SMILES string of the molecule is O=C1CN(C(=O)COC(=O)C2CC(=O)N(Cc3ccccc3)C2)c2ccccc2N1. The molecule has 8 heteroatoms. The van der Waals surface area contributed by atoms with E-state index in [9.17, 15) is 19.2 Å². The summed E-state index contributed by atoms with van der Waals surface area (Å²) in [4.78, 5) is 52.0. The fourth-order valence-corrected chi connectivity index (χ4v) is 3.67. The topological polar surface area (TPSA) is 96.0 Å². The summed E-state index contributed by atoms with van der Waals surface area (Å²) in [5.41, 5.74) is 2.08. The number of esters is 1. The van der Waals surface area contributed by atoms with Crippen molar-refractivity contribution in [1.29, 1.82) is 0 Å². The van der Waals surface area contributed by atoms with Gasteiger partial charge in [-0.2, -0.15) is 0 Å². The van der Waals surface area contributed by atoms with Crippen LogP contribution in [0.4, 0.5) is 11.4 Å². The molecule has 2 aromatic carbocycles. The van der Waals surface area contributed by atoms with Gasteiger partial charge in [-0.25, -0.2) is 0 Å². The molecule has 0 radical (unpaired) electrons. The van der Waals surface area contributed by atoms with E-state index in [0.717, 1.165) is 5.56 Å². The van der Waals surface area contributed by atoms with Crippen LogP contribution in [0.15, 0.2) is 54.6 Å². The number of nitrogens with zero attached hydrogens (tertiary/aromatic N) is 2. The molecular formula is C22H21N3O5. The number of hydrogen-bond acceptors (Lipinski definition) is 5. The monoisotopic (exact) mass is 407 g/mol. The van der Waals surface area contributed by atoms with E-state index in [1.54, 1.807) is 29.2 Å². The predicted molar refractivity (Wildman–Crippen MR) is 108 cm³/mol. The fraction of sp³-hybridized carbons (Fsp3) is 0.273. The number of rotatable bonds is 5. The van der Waals surface area contributed by atoms with Crippen LogP contribution < -0.4 is 10.2 Å². The smallest absolute Gasteiger partial charge is 0.311 e. The van der Waals surface area contributed by atoms with Gasteiger partial charge in [-0.15, -0.1) is 0 Å². The molecule has 0 aromatic heterocycles. The average molecular weight is 407 g/mol. The van der Waals surface area contributed by atoms with E-state index in [-0.39, 0.29) is 31.3 Å². The van der Waals surface area contributed by atoms with Gasteiger partial charge in [-0.3, -0.25) is 24.1 Å². The molecule has 2 aliphatic heterocycles. The molecule has 2 aliphatic rings. The molecule has 30 heavy (non-hydrogen) atoms. The van der Waals surface area contributed by atoms with Crippen molar-refractivity contribution in [3.05, 3.63) is 60.2 Å². The van der Waals surface area contributed by atoms with E-state index in [1.807, 2.05) is 30.3 Å². The molecule has 154 valence electrons. The van der Waals surface area contributed by atoms with Gasteiger partial charge in [0, 0.05) is 19.5 Å². The lowest BCUT2D eigenvalue weighted by molar-refractivity contribution is -0.151. The molecule has 4 rings (SSSR count). The van der Waals surface area contributed by atoms with Gasteiger partial charge in [0.05, 0.1) is 17.3 Å². The van der Waals surface area contributed by atoms with Gasteiger partial charge in [0.2, 0.25) is 11.8 Å². The van der Waals surface area contributed by atoms with Crippen LogP contribution in [0.25, 0.3) is 0 Å². The highest BCUT2D eigenvalue weighted by molar-refractivity contribution is 6.10. The first-order chi connectivity index (χ1) is 14.5. The van der Waals surface area contributed by atoms with E-state index >= 15 is 0 Å². The van der Waals surface area contributed by atoms with E-state index < -0.39 is 24.4 Å². The first-order valence-corrected chi connectivity index (χ1v) is 9.69. The molecule has 1 unspecified atom stereocenters. The minimum atomic E-state index is -0.606. The standard InChI is InChI=1S/C22H21N3O5/c26-19-13-25(18-9-5-4-8-17(18)23-19)21(28)14-30-22(29)16-10-20(27)24(12-16)11-15-6-2-1-3-7-15/h1-9,16H,10-14H2,(H,23,26). The van der Waals surface area contributed by atoms with Crippen molar-refractivity contribution in [3.8, 4) is 0 Å². The Labute approximate surface area is 173 Å². The lowest BCUT2D eigenvalue weighted by Gasteiger charge is -2.29. The third-order valence-corrected chi connectivity index (χ3v) is 5.17. The number of ether oxygens (including phenoxy) is 1. The Morgan fingerprint density at radius 2 is 1.77 bits per heavy atom. The third-order valence-electron chi connectivity index (χ3n) is 5.17. The zero-order valence-electron chi connectivity index (χ0n) is 16.2. The average Bonchev–Trinajstić information content (AvgIpc) is 3.12. The number of benzene rings is 2. The van der Waals surface area contributed by atoms with E-state index in [2.05, 4.69) is 5.32 Å². The van der Waals surface area contributed by atoms with E-state index in [1.165, 1.54) is 4.90 Å². The van der Waals surface area contributed by atoms with Crippen LogP contribution in [0, 0.1) is 5.92 Å². The molecular weight excluding hydrogens is 386 g/mol. The minimum Gasteiger partial charge on any atom is -0.455 e. The van der Waals surface area contributed by atoms with Crippen molar-refractivity contribution in [1.82, 2.24) is 4.90 Å². The van der Waals surface area contributed by atoms with Gasteiger partial charge in [0.1, 0.15) is 6.54 Å². The summed E-state index contributed by atoms with van der Waals surface area (Å²) in [6.07, 6.45) is 0.0643. The van der Waals surface area contributed by atoms with Crippen LogP contribution in [0.1, 0.15) is 12.0 Å². The Bertz CT molecular complexity index is 991. The molecule has 8 nitrogen and oxygen atoms in total. The minimum absolute atomic E-state index is 0.0643. The van der Waals surface area contributed by atoms with Crippen LogP contribution in [0.2, 0.25) is 0 Å². The van der Waals surface area contributed by atoms with Gasteiger partial charge in [-0.05, 0) is 17.7 Å². The normalized spacial score (nSPS) is 18.1. The van der Waals surface area contributed by atoms with Crippen molar-refractivity contribution in [2.45, 2.75) is 13.0 Å². The van der Waals surface area contributed by atoms with Crippen molar-refractivity contribution >= 4 is 35.1 Å². The molecule has 0 aliphatic carbocycles. The van der Waals surface area contributed by atoms with Gasteiger partial charge in [0.25, 0.3) is 5.91 Å². The predicted octanol–water partition coefficient (Wildman–Crippen LogP) is 1.56. The Morgan fingerprint density at radius 3 is 2.57 bits per heavy atom. The van der Waals surface area contributed by atoms with E-state index in [4.69, 9.17) is 4.74 Å². The number of hydrogen-bond donors (Lipinski definition) is 1. The highest BCUT2D eigenvalue weighted by Crippen LogP contribution is 2.29. The van der Waals surface area contributed by atoms with Gasteiger partial charge in [-0.1, -0.05) is 42.5 Å². The van der Waals surface area contributed by atoms with Crippen molar-refractivity contribution in [2.24, 2.45) is 5.92 Å². The zero-order chi connectivity index (χ0) is 21.1. The largest absolute Gasteiger partial charge is 0.455 e. The highest BCUT2D eigenvalue weighted by atomic mass is 16.5. The maximum Gasteiger partial charge on any atom is 0.311 e. The molecule has 1 saturated heterocycles. The fourth-order valence-electron chi connectivity index (χ4n) is 3.67. The summed E-state index contributed by atoms with van der Waals surface area (Å²) in [5, 5.41) is 2.70. The lowest BCUT2D eigenvalue weighted by atomic mass is 10.1. The second-order valence-electron chi connectivity index (χ2n) is 7.31. The number of nitrogens with one attached hydrogen (secondary N) is 1. The molecule has 1 N–H and O–H groups in total. The Morgan fingerprint density at radius 1 is 1.03 bits per heavy atom. The molecule has 2 heterocycles. The van der Waals surface area contributed by atoms with Crippen molar-refractivity contribution < 1.29 is 23.9 Å². The van der Waals surface area contributed by atoms with Gasteiger partial charge < -0.3 is 15.0 Å². The third kappa shape index (κ3) is 4.17. The molecule has 0 bridgehead atoms.